The Morgan fingerprint density at radius 1 is 1.47 bits per heavy atom. The second kappa shape index (κ2) is 5.72. The molecule has 0 amide bonds. The number of pyridine rings is 1. The Bertz CT molecular complexity index is 367. The molecule has 0 aromatic carbocycles. The van der Waals surface area contributed by atoms with Crippen LogP contribution in [0.1, 0.15) is 12.8 Å². The van der Waals surface area contributed by atoms with Crippen molar-refractivity contribution in [2.75, 3.05) is 37.9 Å². The van der Waals surface area contributed by atoms with E-state index in [1.165, 1.54) is 12.8 Å². The van der Waals surface area contributed by atoms with E-state index in [1.54, 1.807) is 13.2 Å². The van der Waals surface area contributed by atoms with Gasteiger partial charge in [-0.05, 0) is 30.9 Å². The fourth-order valence-corrected chi connectivity index (χ4v) is 1.50. The van der Waals surface area contributed by atoms with E-state index >= 15 is 0 Å². The van der Waals surface area contributed by atoms with Gasteiger partial charge in [0.05, 0.1) is 19.4 Å². The summed E-state index contributed by atoms with van der Waals surface area (Å²) >= 11 is 0. The average molecular weight is 237 g/mol. The molecular weight excluding hydrogens is 218 g/mol. The topological polar surface area (TPSA) is 69.4 Å². The van der Waals surface area contributed by atoms with Crippen LogP contribution < -0.4 is 15.8 Å². The molecule has 1 fully saturated rings. The number of ether oxygens (including phenoxy) is 2. The average Bonchev–Trinajstić information content (AvgIpc) is 3.15. The molecule has 5 heteroatoms. The molecule has 0 atom stereocenters. The van der Waals surface area contributed by atoms with Crippen molar-refractivity contribution in [3.05, 3.63) is 12.1 Å². The Hall–Kier alpha value is -1.49. The largest absolute Gasteiger partial charge is 0.479 e. The number of hydrogen-bond donors (Lipinski definition) is 2. The molecule has 0 radical (unpaired) electrons. The van der Waals surface area contributed by atoms with E-state index in [9.17, 15) is 0 Å². The zero-order valence-corrected chi connectivity index (χ0v) is 10.1. The standard InChI is InChI=1S/C12H19N3O2/c1-16-12-10(13)4-5-11(15-12)14-6-7-17-8-9-2-3-9/h4-5,9H,2-3,6-8,13H2,1H3,(H,14,15). The summed E-state index contributed by atoms with van der Waals surface area (Å²) in [6.07, 6.45) is 2.65. The minimum Gasteiger partial charge on any atom is -0.479 e. The van der Waals surface area contributed by atoms with Crippen molar-refractivity contribution in [3.8, 4) is 5.88 Å². The number of hydrogen-bond acceptors (Lipinski definition) is 5. The third-order valence-corrected chi connectivity index (χ3v) is 2.69. The first kappa shape index (κ1) is 12.0. The van der Waals surface area contributed by atoms with Crippen molar-refractivity contribution in [2.45, 2.75) is 12.8 Å². The SMILES string of the molecule is COc1nc(NCCOCC2CC2)ccc1N. The van der Waals surface area contributed by atoms with Gasteiger partial charge in [-0.2, -0.15) is 4.98 Å². The first-order valence-corrected chi connectivity index (χ1v) is 5.91. The van der Waals surface area contributed by atoms with Crippen molar-refractivity contribution in [1.82, 2.24) is 4.98 Å². The lowest BCUT2D eigenvalue weighted by Gasteiger charge is -2.08. The van der Waals surface area contributed by atoms with Gasteiger partial charge in [-0.1, -0.05) is 0 Å². The van der Waals surface area contributed by atoms with Gasteiger partial charge in [-0.25, -0.2) is 0 Å². The zero-order chi connectivity index (χ0) is 12.1. The maximum Gasteiger partial charge on any atom is 0.238 e. The van der Waals surface area contributed by atoms with Crippen LogP contribution in [0.5, 0.6) is 5.88 Å². The number of nitrogens with two attached hydrogens (primary N) is 1. The normalized spacial score (nSPS) is 14.6. The quantitative estimate of drug-likeness (QED) is 0.703. The van der Waals surface area contributed by atoms with Crippen molar-refractivity contribution < 1.29 is 9.47 Å². The Kier molecular flexibility index (Phi) is 4.03. The first-order valence-electron chi connectivity index (χ1n) is 5.91. The third-order valence-electron chi connectivity index (χ3n) is 2.69. The second-order valence-corrected chi connectivity index (χ2v) is 4.24. The van der Waals surface area contributed by atoms with Crippen LogP contribution in [-0.4, -0.2) is 31.9 Å². The predicted octanol–water partition coefficient (Wildman–Crippen LogP) is 1.51. The molecule has 1 saturated carbocycles. The highest BCUT2D eigenvalue weighted by Gasteiger charge is 2.20. The highest BCUT2D eigenvalue weighted by atomic mass is 16.5. The van der Waals surface area contributed by atoms with Crippen molar-refractivity contribution >= 4 is 11.5 Å². The van der Waals surface area contributed by atoms with Crippen LogP contribution in [0.4, 0.5) is 11.5 Å². The van der Waals surface area contributed by atoms with E-state index in [2.05, 4.69) is 10.3 Å². The highest BCUT2D eigenvalue weighted by Crippen LogP contribution is 2.28. The van der Waals surface area contributed by atoms with Crippen molar-refractivity contribution in [2.24, 2.45) is 5.92 Å². The summed E-state index contributed by atoms with van der Waals surface area (Å²) in [6, 6.07) is 3.61. The molecule has 1 aromatic rings. The van der Waals surface area contributed by atoms with Gasteiger partial charge in [0.15, 0.2) is 0 Å². The van der Waals surface area contributed by atoms with Crippen LogP contribution in [0.2, 0.25) is 0 Å². The molecular formula is C12H19N3O2. The molecule has 1 aliphatic rings. The van der Waals surface area contributed by atoms with Crippen molar-refractivity contribution in [1.29, 1.82) is 0 Å². The lowest BCUT2D eigenvalue weighted by atomic mass is 10.4. The molecule has 1 heterocycles. The molecule has 0 unspecified atom stereocenters. The van der Waals surface area contributed by atoms with Gasteiger partial charge in [0, 0.05) is 13.2 Å². The fraction of sp³-hybridized carbons (Fsp3) is 0.583. The Morgan fingerprint density at radius 2 is 2.29 bits per heavy atom. The van der Waals surface area contributed by atoms with Crippen LogP contribution in [0.15, 0.2) is 12.1 Å². The van der Waals surface area contributed by atoms with Gasteiger partial charge in [-0.3, -0.25) is 0 Å². The van der Waals surface area contributed by atoms with E-state index < -0.39 is 0 Å². The molecule has 1 aliphatic carbocycles. The molecule has 5 nitrogen and oxygen atoms in total. The van der Waals surface area contributed by atoms with E-state index in [1.807, 2.05) is 6.07 Å². The Labute approximate surface area is 101 Å². The Morgan fingerprint density at radius 3 is 3.00 bits per heavy atom. The number of nitrogen functional groups attached to an aromatic ring is 1. The summed E-state index contributed by atoms with van der Waals surface area (Å²) in [4.78, 5) is 4.22. The zero-order valence-electron chi connectivity index (χ0n) is 10.1. The number of methoxy groups -OCH3 is 1. The van der Waals surface area contributed by atoms with E-state index in [0.29, 0.717) is 18.2 Å². The summed E-state index contributed by atoms with van der Waals surface area (Å²) in [5, 5.41) is 3.17. The lowest BCUT2D eigenvalue weighted by Crippen LogP contribution is -2.11. The summed E-state index contributed by atoms with van der Waals surface area (Å²) in [5.74, 6) is 2.02. The van der Waals surface area contributed by atoms with Gasteiger partial charge in [0.1, 0.15) is 5.82 Å². The maximum atomic E-state index is 5.68. The molecule has 94 valence electrons. The molecule has 2 rings (SSSR count). The van der Waals surface area contributed by atoms with Crippen LogP contribution >= 0.6 is 0 Å². The number of nitrogens with zero attached hydrogens (tertiary/aromatic N) is 1. The van der Waals surface area contributed by atoms with Gasteiger partial charge in [0.2, 0.25) is 5.88 Å². The predicted molar refractivity (Wildman–Crippen MR) is 67.2 cm³/mol. The third kappa shape index (κ3) is 3.78. The molecule has 0 bridgehead atoms. The first-order chi connectivity index (χ1) is 8.29. The molecule has 0 aliphatic heterocycles. The minimum absolute atomic E-state index is 0.453. The monoisotopic (exact) mass is 237 g/mol. The highest BCUT2D eigenvalue weighted by molar-refractivity contribution is 5.53. The van der Waals surface area contributed by atoms with Crippen LogP contribution in [0, 0.1) is 5.92 Å². The van der Waals surface area contributed by atoms with Gasteiger partial charge < -0.3 is 20.5 Å². The number of nitrogens with one attached hydrogen (secondary N) is 1. The second-order valence-electron chi connectivity index (χ2n) is 4.24. The number of anilines is 2. The molecule has 0 saturated heterocycles. The molecule has 1 aromatic heterocycles. The van der Waals surface area contributed by atoms with Gasteiger partial charge in [-0.15, -0.1) is 0 Å². The van der Waals surface area contributed by atoms with Crippen LogP contribution in [-0.2, 0) is 4.74 Å². The summed E-state index contributed by atoms with van der Waals surface area (Å²) in [6.45, 7) is 2.33. The number of aromatic nitrogens is 1. The summed E-state index contributed by atoms with van der Waals surface area (Å²) < 4.78 is 10.6. The fourth-order valence-electron chi connectivity index (χ4n) is 1.50. The van der Waals surface area contributed by atoms with Gasteiger partial charge >= 0.3 is 0 Å². The molecule has 3 N–H and O–H groups in total. The van der Waals surface area contributed by atoms with E-state index in [4.69, 9.17) is 15.2 Å². The smallest absolute Gasteiger partial charge is 0.238 e. The van der Waals surface area contributed by atoms with Crippen LogP contribution in [0.3, 0.4) is 0 Å². The van der Waals surface area contributed by atoms with E-state index in [-0.39, 0.29) is 0 Å². The summed E-state index contributed by atoms with van der Waals surface area (Å²) in [7, 11) is 1.56. The van der Waals surface area contributed by atoms with E-state index in [0.717, 1.165) is 24.9 Å². The van der Waals surface area contributed by atoms with Crippen LogP contribution in [0.25, 0.3) is 0 Å². The molecule has 0 spiro atoms. The summed E-state index contributed by atoms with van der Waals surface area (Å²) in [5.41, 5.74) is 6.22. The number of rotatable bonds is 7. The minimum atomic E-state index is 0.453. The van der Waals surface area contributed by atoms with Crippen molar-refractivity contribution in [3.63, 3.8) is 0 Å². The Balaban J connectivity index is 1.70. The maximum absolute atomic E-state index is 5.68. The van der Waals surface area contributed by atoms with Gasteiger partial charge in [0.25, 0.3) is 0 Å². The lowest BCUT2D eigenvalue weighted by molar-refractivity contribution is 0.134. The molecule has 17 heavy (non-hydrogen) atoms.